The molecule has 0 saturated heterocycles. The second-order valence-electron chi connectivity index (χ2n) is 7.05. The molecule has 0 aromatic heterocycles. The van der Waals surface area contributed by atoms with E-state index in [1.54, 1.807) is 7.11 Å². The lowest BCUT2D eigenvalue weighted by molar-refractivity contribution is 0.240. The average molecular weight is 444 g/mol. The predicted octanol–water partition coefficient (Wildman–Crippen LogP) is 5.95. The summed E-state index contributed by atoms with van der Waals surface area (Å²) in [5.41, 5.74) is 1.53. The molecule has 0 bridgehead atoms. The van der Waals surface area contributed by atoms with Crippen molar-refractivity contribution in [2.24, 2.45) is 5.41 Å². The summed E-state index contributed by atoms with van der Waals surface area (Å²) in [4.78, 5) is 0. The Morgan fingerprint density at radius 2 is 1.67 bits per heavy atom. The number of methoxy groups -OCH3 is 1. The van der Waals surface area contributed by atoms with Crippen molar-refractivity contribution in [1.29, 1.82) is 0 Å². The number of nitrogens with one attached hydrogen (secondary N) is 1. The van der Waals surface area contributed by atoms with Crippen molar-refractivity contribution < 1.29 is 4.74 Å². The number of benzene rings is 1. The van der Waals surface area contributed by atoms with Crippen LogP contribution in [0.1, 0.15) is 46.6 Å². The SMILES string of the molecule is COc1c(Br)cc(Br)cc1CNC(C)(C)CC(C)(C)C.Cl. The normalized spacial score (nSPS) is 12.0. The van der Waals surface area contributed by atoms with E-state index in [0.29, 0.717) is 5.41 Å². The minimum absolute atomic E-state index is 0. The van der Waals surface area contributed by atoms with Crippen LogP contribution >= 0.6 is 44.3 Å². The summed E-state index contributed by atoms with van der Waals surface area (Å²) in [6, 6.07) is 4.10. The Hall–Kier alpha value is 0.230. The van der Waals surface area contributed by atoms with Crippen molar-refractivity contribution in [2.75, 3.05) is 7.11 Å². The first kappa shape index (κ1) is 21.2. The maximum absolute atomic E-state index is 5.49. The zero-order valence-electron chi connectivity index (χ0n) is 13.6. The highest BCUT2D eigenvalue weighted by Crippen LogP contribution is 2.33. The number of rotatable bonds is 5. The first-order valence-electron chi connectivity index (χ1n) is 6.81. The summed E-state index contributed by atoms with van der Waals surface area (Å²) in [7, 11) is 1.71. The van der Waals surface area contributed by atoms with Crippen LogP contribution in [0.2, 0.25) is 0 Å². The van der Waals surface area contributed by atoms with Gasteiger partial charge in [0.2, 0.25) is 0 Å². The van der Waals surface area contributed by atoms with Crippen molar-refractivity contribution in [3.8, 4) is 5.75 Å². The Balaban J connectivity index is 0.00000400. The third-order valence-electron chi connectivity index (χ3n) is 3.02. The molecule has 0 amide bonds. The molecule has 0 heterocycles. The number of hydrogen-bond donors (Lipinski definition) is 1. The van der Waals surface area contributed by atoms with Crippen molar-refractivity contribution in [3.63, 3.8) is 0 Å². The second kappa shape index (κ2) is 8.19. The van der Waals surface area contributed by atoms with E-state index in [1.807, 2.05) is 6.07 Å². The molecule has 0 fully saturated rings. The van der Waals surface area contributed by atoms with Gasteiger partial charge in [-0.15, -0.1) is 12.4 Å². The number of halogens is 3. The van der Waals surface area contributed by atoms with Crippen molar-refractivity contribution >= 4 is 44.3 Å². The summed E-state index contributed by atoms with van der Waals surface area (Å²) in [6.45, 7) is 12.1. The summed E-state index contributed by atoms with van der Waals surface area (Å²) in [5.74, 6) is 0.896. The van der Waals surface area contributed by atoms with Crippen molar-refractivity contribution in [3.05, 3.63) is 26.6 Å². The van der Waals surface area contributed by atoms with Gasteiger partial charge in [0, 0.05) is 22.1 Å². The monoisotopic (exact) mass is 441 g/mol. The van der Waals surface area contributed by atoms with Gasteiger partial charge in [0.05, 0.1) is 11.6 Å². The van der Waals surface area contributed by atoms with Gasteiger partial charge in [-0.25, -0.2) is 0 Å². The van der Waals surface area contributed by atoms with Gasteiger partial charge < -0.3 is 10.1 Å². The molecule has 1 aromatic carbocycles. The average Bonchev–Trinajstić information content (AvgIpc) is 2.22. The number of hydrogen-bond acceptors (Lipinski definition) is 2. The van der Waals surface area contributed by atoms with E-state index in [1.165, 1.54) is 0 Å². The third-order valence-corrected chi connectivity index (χ3v) is 4.07. The lowest BCUT2D eigenvalue weighted by Gasteiger charge is -2.33. The maximum atomic E-state index is 5.49. The standard InChI is InChI=1S/C16H25Br2NO.ClH/c1-15(2,3)10-16(4,5)19-9-11-7-12(17)8-13(18)14(11)20-6;/h7-8,19H,9-10H2,1-6H3;1H. The fourth-order valence-electron chi connectivity index (χ4n) is 2.70. The second-order valence-corrected chi connectivity index (χ2v) is 8.82. The zero-order chi connectivity index (χ0) is 15.6. The van der Waals surface area contributed by atoms with Gasteiger partial charge in [-0.3, -0.25) is 0 Å². The zero-order valence-corrected chi connectivity index (χ0v) is 17.6. The van der Waals surface area contributed by atoms with Gasteiger partial charge in [-0.05, 0) is 53.7 Å². The molecule has 5 heteroatoms. The fraction of sp³-hybridized carbons (Fsp3) is 0.625. The maximum Gasteiger partial charge on any atom is 0.137 e. The minimum Gasteiger partial charge on any atom is -0.495 e. The Morgan fingerprint density at radius 1 is 1.10 bits per heavy atom. The van der Waals surface area contributed by atoms with Gasteiger partial charge in [0.25, 0.3) is 0 Å². The first-order chi connectivity index (χ1) is 9.04. The molecule has 0 aliphatic carbocycles. The summed E-state index contributed by atoms with van der Waals surface area (Å²) in [5, 5.41) is 3.64. The summed E-state index contributed by atoms with van der Waals surface area (Å²) in [6.07, 6.45) is 1.11. The molecule has 0 radical (unpaired) electrons. The van der Waals surface area contributed by atoms with E-state index in [0.717, 1.165) is 33.2 Å². The Labute approximate surface area is 152 Å². The summed E-state index contributed by atoms with van der Waals surface area (Å²) < 4.78 is 7.51. The third kappa shape index (κ3) is 7.36. The highest BCUT2D eigenvalue weighted by molar-refractivity contribution is 9.11. The van der Waals surface area contributed by atoms with Crippen molar-refractivity contribution in [2.45, 2.75) is 53.1 Å². The minimum atomic E-state index is 0. The van der Waals surface area contributed by atoms with E-state index in [-0.39, 0.29) is 17.9 Å². The Morgan fingerprint density at radius 3 is 2.14 bits per heavy atom. The molecule has 2 nitrogen and oxygen atoms in total. The highest BCUT2D eigenvalue weighted by Gasteiger charge is 2.25. The smallest absolute Gasteiger partial charge is 0.137 e. The van der Waals surface area contributed by atoms with Crippen LogP contribution in [0.25, 0.3) is 0 Å². The van der Waals surface area contributed by atoms with Gasteiger partial charge in [0.15, 0.2) is 0 Å². The molecule has 0 atom stereocenters. The fourth-order valence-corrected chi connectivity index (χ4v) is 4.17. The van der Waals surface area contributed by atoms with Gasteiger partial charge in [-0.2, -0.15) is 0 Å². The quantitative estimate of drug-likeness (QED) is 0.607. The van der Waals surface area contributed by atoms with E-state index in [9.17, 15) is 0 Å². The van der Waals surface area contributed by atoms with Crippen molar-refractivity contribution in [1.82, 2.24) is 5.32 Å². The summed E-state index contributed by atoms with van der Waals surface area (Å²) >= 11 is 7.08. The molecule has 122 valence electrons. The van der Waals surface area contributed by atoms with Crippen LogP contribution in [0, 0.1) is 5.41 Å². The molecule has 0 spiro atoms. The molecule has 1 rings (SSSR count). The van der Waals surface area contributed by atoms with Crippen LogP contribution < -0.4 is 10.1 Å². The lowest BCUT2D eigenvalue weighted by atomic mass is 9.82. The molecular weight excluding hydrogens is 417 g/mol. The van der Waals surface area contributed by atoms with E-state index >= 15 is 0 Å². The predicted molar refractivity (Wildman–Crippen MR) is 101 cm³/mol. The van der Waals surface area contributed by atoms with Gasteiger partial charge >= 0.3 is 0 Å². The molecule has 0 aliphatic heterocycles. The molecule has 1 aromatic rings. The molecule has 1 N–H and O–H groups in total. The van der Waals surface area contributed by atoms with Crippen LogP contribution in [-0.2, 0) is 6.54 Å². The highest BCUT2D eigenvalue weighted by atomic mass is 79.9. The van der Waals surface area contributed by atoms with E-state index < -0.39 is 0 Å². The topological polar surface area (TPSA) is 21.3 Å². The van der Waals surface area contributed by atoms with E-state index in [4.69, 9.17) is 4.74 Å². The molecular formula is C16H26Br2ClNO. The lowest BCUT2D eigenvalue weighted by Crippen LogP contribution is -2.41. The Bertz CT molecular complexity index is 470. The molecule has 0 saturated carbocycles. The number of ether oxygens (including phenoxy) is 1. The first-order valence-corrected chi connectivity index (χ1v) is 8.40. The molecule has 21 heavy (non-hydrogen) atoms. The van der Waals surface area contributed by atoms with Crippen LogP contribution in [0.4, 0.5) is 0 Å². The van der Waals surface area contributed by atoms with Crippen LogP contribution in [-0.4, -0.2) is 12.6 Å². The van der Waals surface area contributed by atoms with Crippen LogP contribution in [0.3, 0.4) is 0 Å². The van der Waals surface area contributed by atoms with Crippen LogP contribution in [0.15, 0.2) is 21.1 Å². The van der Waals surface area contributed by atoms with Crippen LogP contribution in [0.5, 0.6) is 5.75 Å². The van der Waals surface area contributed by atoms with Gasteiger partial charge in [-0.1, -0.05) is 36.7 Å². The van der Waals surface area contributed by atoms with Gasteiger partial charge in [0.1, 0.15) is 5.75 Å². The molecule has 0 aliphatic rings. The largest absolute Gasteiger partial charge is 0.495 e. The van der Waals surface area contributed by atoms with E-state index in [2.05, 4.69) is 77.9 Å². The molecule has 0 unspecified atom stereocenters. The Kier molecular flexibility index (Phi) is 8.28.